The molecule has 2 N–H and O–H groups in total. The number of hydrogen-bond acceptors (Lipinski definition) is 3. The molecule has 0 aromatic carbocycles. The smallest absolute Gasteiger partial charge is 0.243 e. The fourth-order valence-corrected chi connectivity index (χ4v) is 1.77. The Morgan fingerprint density at radius 2 is 2.00 bits per heavy atom. The third kappa shape index (κ3) is 6.08. The Morgan fingerprint density at radius 1 is 1.38 bits per heavy atom. The van der Waals surface area contributed by atoms with Gasteiger partial charge in [-0.2, -0.15) is 0 Å². The van der Waals surface area contributed by atoms with E-state index in [0.29, 0.717) is 12.3 Å². The highest BCUT2D eigenvalue weighted by Gasteiger charge is 2.16. The predicted octanol–water partition coefficient (Wildman–Crippen LogP) is 1.61. The number of piperidine rings is 1. The van der Waals surface area contributed by atoms with Gasteiger partial charge in [0.05, 0.1) is 5.60 Å². The highest BCUT2D eigenvalue weighted by molar-refractivity contribution is 5.74. The molecule has 1 fully saturated rings. The number of hydroxylamine groups is 1. The fraction of sp³-hybridized carbons (Fsp3) is 0.917. The molecule has 0 spiro atoms. The molecule has 94 valence electrons. The van der Waals surface area contributed by atoms with E-state index in [4.69, 9.17) is 4.84 Å². The lowest BCUT2D eigenvalue weighted by Gasteiger charge is -2.23. The molecule has 1 rings (SSSR count). The summed E-state index contributed by atoms with van der Waals surface area (Å²) in [5, 5.41) is 3.32. The molecule has 4 heteroatoms. The number of amides is 1. The molecule has 0 saturated carbocycles. The molecule has 16 heavy (non-hydrogen) atoms. The number of hydrogen-bond donors (Lipinski definition) is 2. The van der Waals surface area contributed by atoms with E-state index in [2.05, 4.69) is 10.8 Å². The van der Waals surface area contributed by atoms with Crippen LogP contribution in [0.2, 0.25) is 0 Å². The van der Waals surface area contributed by atoms with Crippen LogP contribution in [0.3, 0.4) is 0 Å². The molecule has 4 nitrogen and oxygen atoms in total. The van der Waals surface area contributed by atoms with Crippen molar-refractivity contribution in [3.05, 3.63) is 0 Å². The minimum absolute atomic E-state index is 0.00606. The molecule has 0 atom stereocenters. The Bertz CT molecular complexity index is 218. The number of carbonyl (C=O) groups excluding carboxylic acids is 1. The maximum Gasteiger partial charge on any atom is 0.243 e. The Labute approximate surface area is 98.1 Å². The van der Waals surface area contributed by atoms with E-state index in [1.807, 2.05) is 20.8 Å². The third-order valence-corrected chi connectivity index (χ3v) is 2.71. The maximum absolute atomic E-state index is 11.5. The predicted molar refractivity (Wildman–Crippen MR) is 63.8 cm³/mol. The van der Waals surface area contributed by atoms with Gasteiger partial charge in [0.2, 0.25) is 5.91 Å². The monoisotopic (exact) mass is 228 g/mol. The first-order chi connectivity index (χ1) is 7.47. The Balaban J connectivity index is 2.09. The molecule has 0 aliphatic carbocycles. The van der Waals surface area contributed by atoms with Crippen LogP contribution in [0.4, 0.5) is 0 Å². The molecule has 1 saturated heterocycles. The van der Waals surface area contributed by atoms with Gasteiger partial charge in [-0.25, -0.2) is 5.48 Å². The lowest BCUT2D eigenvalue weighted by molar-refractivity contribution is -0.145. The van der Waals surface area contributed by atoms with Crippen molar-refractivity contribution in [3.8, 4) is 0 Å². The van der Waals surface area contributed by atoms with Gasteiger partial charge < -0.3 is 5.32 Å². The summed E-state index contributed by atoms with van der Waals surface area (Å²) in [6, 6.07) is 0. The van der Waals surface area contributed by atoms with Crippen LogP contribution in [0.25, 0.3) is 0 Å². The summed E-state index contributed by atoms with van der Waals surface area (Å²) in [5.74, 6) is 0.690. The summed E-state index contributed by atoms with van der Waals surface area (Å²) in [4.78, 5) is 16.7. The van der Waals surface area contributed by atoms with E-state index in [1.165, 1.54) is 12.8 Å². The normalized spacial score (nSPS) is 18.4. The van der Waals surface area contributed by atoms with Crippen LogP contribution < -0.4 is 10.8 Å². The zero-order chi connectivity index (χ0) is 12.0. The van der Waals surface area contributed by atoms with E-state index < -0.39 is 0 Å². The van der Waals surface area contributed by atoms with Crippen molar-refractivity contribution in [2.45, 2.75) is 52.1 Å². The average Bonchev–Trinajstić information content (AvgIpc) is 2.24. The molecule has 0 radical (unpaired) electrons. The van der Waals surface area contributed by atoms with Crippen LogP contribution in [0.5, 0.6) is 0 Å². The second kappa shape index (κ2) is 6.21. The van der Waals surface area contributed by atoms with Gasteiger partial charge in [0.15, 0.2) is 0 Å². The van der Waals surface area contributed by atoms with Crippen LogP contribution in [-0.2, 0) is 9.63 Å². The van der Waals surface area contributed by atoms with E-state index in [0.717, 1.165) is 19.5 Å². The van der Waals surface area contributed by atoms with E-state index in [9.17, 15) is 4.79 Å². The summed E-state index contributed by atoms with van der Waals surface area (Å²) < 4.78 is 0. The molecule has 0 aromatic rings. The highest BCUT2D eigenvalue weighted by atomic mass is 16.7. The Morgan fingerprint density at radius 3 is 2.56 bits per heavy atom. The van der Waals surface area contributed by atoms with Gasteiger partial charge in [-0.1, -0.05) is 0 Å². The van der Waals surface area contributed by atoms with Gasteiger partial charge in [0.25, 0.3) is 0 Å². The lowest BCUT2D eigenvalue weighted by atomic mass is 9.93. The van der Waals surface area contributed by atoms with Crippen molar-refractivity contribution in [3.63, 3.8) is 0 Å². The van der Waals surface area contributed by atoms with Crippen molar-refractivity contribution in [1.29, 1.82) is 0 Å². The van der Waals surface area contributed by atoms with Crippen LogP contribution in [0, 0.1) is 5.92 Å². The van der Waals surface area contributed by atoms with Crippen molar-refractivity contribution in [2.75, 3.05) is 13.1 Å². The van der Waals surface area contributed by atoms with Crippen molar-refractivity contribution >= 4 is 5.91 Å². The van der Waals surface area contributed by atoms with E-state index in [-0.39, 0.29) is 11.5 Å². The first kappa shape index (κ1) is 13.5. The minimum atomic E-state index is -0.315. The molecule has 1 aliphatic rings. The van der Waals surface area contributed by atoms with Crippen molar-refractivity contribution in [2.24, 2.45) is 5.92 Å². The maximum atomic E-state index is 11.5. The van der Waals surface area contributed by atoms with Gasteiger partial charge in [-0.15, -0.1) is 0 Å². The molecule has 1 heterocycles. The minimum Gasteiger partial charge on any atom is -0.317 e. The second-order valence-electron chi connectivity index (χ2n) is 5.47. The summed E-state index contributed by atoms with van der Waals surface area (Å²) in [7, 11) is 0. The summed E-state index contributed by atoms with van der Waals surface area (Å²) in [5.41, 5.74) is 2.19. The first-order valence-electron chi connectivity index (χ1n) is 6.15. The Kier molecular flexibility index (Phi) is 5.22. The van der Waals surface area contributed by atoms with Crippen LogP contribution in [-0.4, -0.2) is 24.6 Å². The van der Waals surface area contributed by atoms with Crippen LogP contribution in [0.15, 0.2) is 0 Å². The topological polar surface area (TPSA) is 50.4 Å². The zero-order valence-electron chi connectivity index (χ0n) is 10.6. The molecule has 1 aliphatic heterocycles. The molecule has 0 aromatic heterocycles. The van der Waals surface area contributed by atoms with E-state index in [1.54, 1.807) is 0 Å². The third-order valence-electron chi connectivity index (χ3n) is 2.71. The average molecular weight is 228 g/mol. The summed E-state index contributed by atoms with van der Waals surface area (Å²) >= 11 is 0. The van der Waals surface area contributed by atoms with Gasteiger partial charge in [0.1, 0.15) is 0 Å². The lowest BCUT2D eigenvalue weighted by Crippen LogP contribution is -2.34. The standard InChI is InChI=1S/C12H24N2O2/c1-12(2,3)16-14-11(15)5-4-10-6-8-13-9-7-10/h10,13H,4-9H2,1-3H3,(H,14,15). The van der Waals surface area contributed by atoms with Gasteiger partial charge >= 0.3 is 0 Å². The highest BCUT2D eigenvalue weighted by Crippen LogP contribution is 2.17. The van der Waals surface area contributed by atoms with Crippen LogP contribution in [0.1, 0.15) is 46.5 Å². The zero-order valence-corrected chi connectivity index (χ0v) is 10.6. The quantitative estimate of drug-likeness (QED) is 0.719. The van der Waals surface area contributed by atoms with Crippen molar-refractivity contribution in [1.82, 2.24) is 10.8 Å². The number of nitrogens with one attached hydrogen (secondary N) is 2. The largest absolute Gasteiger partial charge is 0.317 e. The molecule has 1 amide bonds. The molecule has 0 bridgehead atoms. The summed E-state index contributed by atoms with van der Waals surface area (Å²) in [6.45, 7) is 7.93. The van der Waals surface area contributed by atoms with Gasteiger partial charge in [-0.3, -0.25) is 9.63 Å². The van der Waals surface area contributed by atoms with Crippen LogP contribution >= 0.6 is 0 Å². The van der Waals surface area contributed by atoms with Gasteiger partial charge in [-0.05, 0) is 59.0 Å². The summed E-state index contributed by atoms with van der Waals surface area (Å²) in [6.07, 6.45) is 3.92. The Hall–Kier alpha value is -0.610. The molecule has 0 unspecified atom stereocenters. The first-order valence-corrected chi connectivity index (χ1v) is 6.15. The van der Waals surface area contributed by atoms with Crippen molar-refractivity contribution < 1.29 is 9.63 Å². The van der Waals surface area contributed by atoms with E-state index >= 15 is 0 Å². The van der Waals surface area contributed by atoms with Gasteiger partial charge in [0, 0.05) is 6.42 Å². The second-order valence-corrected chi connectivity index (χ2v) is 5.47. The molecular weight excluding hydrogens is 204 g/mol. The number of carbonyl (C=O) groups is 1. The SMILES string of the molecule is CC(C)(C)ONC(=O)CCC1CCNCC1. The molecular formula is C12H24N2O2. The fourth-order valence-electron chi connectivity index (χ4n) is 1.77. The number of rotatable bonds is 4.